The molecule has 0 atom stereocenters. The summed E-state index contributed by atoms with van der Waals surface area (Å²) in [6.45, 7) is 14.2. The standard InChI is InChI=1S/C22H37NO/c1-21(2,3)16-13-19(22(4,5)6)18(20(24)14-16)15-23(7)17-11-9-8-10-12-17/h13-14,17,24H,8-12,15H2,1-7H3. The fourth-order valence-electron chi connectivity index (χ4n) is 3.83. The number of aromatic hydroxyl groups is 1. The van der Waals surface area contributed by atoms with E-state index in [1.165, 1.54) is 43.2 Å². The number of phenols is 1. The van der Waals surface area contributed by atoms with E-state index in [1.807, 2.05) is 6.07 Å². The Hall–Kier alpha value is -1.02. The summed E-state index contributed by atoms with van der Waals surface area (Å²) in [5.74, 6) is 0.468. The fraction of sp³-hybridized carbons (Fsp3) is 0.727. The molecule has 1 saturated carbocycles. The second-order valence-electron chi connectivity index (χ2n) is 9.73. The number of benzene rings is 1. The van der Waals surface area contributed by atoms with Gasteiger partial charge in [0.05, 0.1) is 0 Å². The molecule has 0 radical (unpaired) electrons. The minimum absolute atomic E-state index is 0.0292. The Morgan fingerprint density at radius 2 is 1.54 bits per heavy atom. The van der Waals surface area contributed by atoms with Crippen LogP contribution < -0.4 is 0 Å². The zero-order valence-corrected chi connectivity index (χ0v) is 16.9. The number of hydrogen-bond acceptors (Lipinski definition) is 2. The molecule has 0 amide bonds. The average Bonchev–Trinajstić information content (AvgIpc) is 2.47. The molecule has 0 bridgehead atoms. The highest BCUT2D eigenvalue weighted by Crippen LogP contribution is 2.37. The first kappa shape index (κ1) is 19.3. The highest BCUT2D eigenvalue weighted by molar-refractivity contribution is 5.48. The van der Waals surface area contributed by atoms with Crippen molar-refractivity contribution >= 4 is 0 Å². The Morgan fingerprint density at radius 3 is 2.04 bits per heavy atom. The van der Waals surface area contributed by atoms with Gasteiger partial charge >= 0.3 is 0 Å². The molecule has 0 spiro atoms. The molecule has 0 heterocycles. The molecule has 1 aromatic rings. The second kappa shape index (κ2) is 7.07. The van der Waals surface area contributed by atoms with Gasteiger partial charge in [-0.3, -0.25) is 4.90 Å². The van der Waals surface area contributed by atoms with Crippen LogP contribution in [-0.2, 0) is 17.4 Å². The highest BCUT2D eigenvalue weighted by atomic mass is 16.3. The van der Waals surface area contributed by atoms with Gasteiger partial charge in [-0.2, -0.15) is 0 Å². The monoisotopic (exact) mass is 331 g/mol. The average molecular weight is 332 g/mol. The Bertz CT molecular complexity index is 557. The molecule has 2 heteroatoms. The lowest BCUT2D eigenvalue weighted by molar-refractivity contribution is 0.182. The number of rotatable bonds is 3. The number of phenolic OH excluding ortho intramolecular Hbond substituents is 1. The summed E-state index contributed by atoms with van der Waals surface area (Å²) in [6.07, 6.45) is 6.65. The van der Waals surface area contributed by atoms with Gasteiger partial charge < -0.3 is 5.11 Å². The lowest BCUT2D eigenvalue weighted by atomic mass is 9.78. The highest BCUT2D eigenvalue weighted by Gasteiger charge is 2.27. The van der Waals surface area contributed by atoms with Crippen molar-refractivity contribution in [1.82, 2.24) is 4.90 Å². The molecule has 1 aromatic carbocycles. The van der Waals surface area contributed by atoms with Crippen molar-refractivity contribution in [3.8, 4) is 5.75 Å². The van der Waals surface area contributed by atoms with Crippen LogP contribution in [-0.4, -0.2) is 23.1 Å². The third-order valence-corrected chi connectivity index (χ3v) is 5.51. The first-order valence-corrected chi connectivity index (χ1v) is 9.57. The van der Waals surface area contributed by atoms with E-state index in [0.29, 0.717) is 11.8 Å². The maximum absolute atomic E-state index is 10.8. The smallest absolute Gasteiger partial charge is 0.120 e. The molecule has 0 saturated heterocycles. The van der Waals surface area contributed by atoms with E-state index < -0.39 is 0 Å². The quantitative estimate of drug-likeness (QED) is 0.762. The molecule has 1 aliphatic rings. The van der Waals surface area contributed by atoms with Crippen LogP contribution in [0.25, 0.3) is 0 Å². The van der Waals surface area contributed by atoms with Gasteiger partial charge in [-0.1, -0.05) is 66.9 Å². The molecule has 0 aliphatic heterocycles. The van der Waals surface area contributed by atoms with Crippen LogP contribution in [0.2, 0.25) is 0 Å². The van der Waals surface area contributed by atoms with Gasteiger partial charge in [0.15, 0.2) is 0 Å². The topological polar surface area (TPSA) is 23.5 Å². The zero-order chi connectivity index (χ0) is 18.1. The maximum Gasteiger partial charge on any atom is 0.120 e. The summed E-state index contributed by atoms with van der Waals surface area (Å²) in [5, 5.41) is 10.8. The van der Waals surface area contributed by atoms with Crippen LogP contribution in [0.1, 0.15) is 90.3 Å². The third kappa shape index (κ3) is 4.53. The van der Waals surface area contributed by atoms with Gasteiger partial charge in [0.25, 0.3) is 0 Å². The number of nitrogens with zero attached hydrogens (tertiary/aromatic N) is 1. The van der Waals surface area contributed by atoms with Gasteiger partial charge in [-0.15, -0.1) is 0 Å². The van der Waals surface area contributed by atoms with Crippen molar-refractivity contribution in [3.05, 3.63) is 28.8 Å². The number of hydrogen-bond donors (Lipinski definition) is 1. The Labute approximate surface area is 149 Å². The van der Waals surface area contributed by atoms with E-state index >= 15 is 0 Å². The summed E-state index contributed by atoms with van der Waals surface area (Å²) in [6, 6.07) is 4.97. The Morgan fingerprint density at radius 1 is 0.958 bits per heavy atom. The summed E-state index contributed by atoms with van der Waals surface area (Å²) in [7, 11) is 2.22. The van der Waals surface area contributed by atoms with Gasteiger partial charge in [0, 0.05) is 18.2 Å². The molecular formula is C22H37NO. The van der Waals surface area contributed by atoms with Gasteiger partial charge in [0.2, 0.25) is 0 Å². The van der Waals surface area contributed by atoms with E-state index in [2.05, 4.69) is 59.6 Å². The van der Waals surface area contributed by atoms with Crippen molar-refractivity contribution in [2.45, 2.75) is 97.1 Å². The SMILES string of the molecule is CN(Cc1c(O)cc(C(C)(C)C)cc1C(C)(C)C)C1CCCCC1. The molecular weight excluding hydrogens is 294 g/mol. The van der Waals surface area contributed by atoms with Crippen LogP contribution in [0.5, 0.6) is 5.75 Å². The molecule has 136 valence electrons. The summed E-state index contributed by atoms with van der Waals surface area (Å²) in [5.41, 5.74) is 3.69. The lowest BCUT2D eigenvalue weighted by Gasteiger charge is -2.34. The summed E-state index contributed by atoms with van der Waals surface area (Å²) < 4.78 is 0. The fourth-order valence-corrected chi connectivity index (χ4v) is 3.83. The van der Waals surface area contributed by atoms with E-state index in [0.717, 1.165) is 12.1 Å². The van der Waals surface area contributed by atoms with Crippen molar-refractivity contribution in [2.75, 3.05) is 7.05 Å². The zero-order valence-electron chi connectivity index (χ0n) is 16.9. The van der Waals surface area contributed by atoms with Crippen molar-refractivity contribution < 1.29 is 5.11 Å². The van der Waals surface area contributed by atoms with E-state index in [-0.39, 0.29) is 10.8 Å². The molecule has 1 fully saturated rings. The largest absolute Gasteiger partial charge is 0.508 e. The summed E-state index contributed by atoms with van der Waals surface area (Å²) >= 11 is 0. The van der Waals surface area contributed by atoms with Crippen molar-refractivity contribution in [2.24, 2.45) is 0 Å². The van der Waals surface area contributed by atoms with Crippen LogP contribution in [0, 0.1) is 0 Å². The first-order chi connectivity index (χ1) is 11.0. The van der Waals surface area contributed by atoms with Crippen LogP contribution >= 0.6 is 0 Å². The predicted octanol–water partition coefficient (Wildman–Crippen LogP) is 5.75. The van der Waals surface area contributed by atoms with E-state index in [9.17, 15) is 5.11 Å². The van der Waals surface area contributed by atoms with Gasteiger partial charge in [-0.05, 0) is 47.9 Å². The third-order valence-electron chi connectivity index (χ3n) is 5.51. The minimum Gasteiger partial charge on any atom is -0.508 e. The molecule has 0 aromatic heterocycles. The van der Waals surface area contributed by atoms with E-state index in [4.69, 9.17) is 0 Å². The molecule has 1 aliphatic carbocycles. The normalized spacial score (nSPS) is 17.5. The van der Waals surface area contributed by atoms with Crippen molar-refractivity contribution in [1.29, 1.82) is 0 Å². The minimum atomic E-state index is 0.0292. The second-order valence-corrected chi connectivity index (χ2v) is 9.73. The van der Waals surface area contributed by atoms with Crippen molar-refractivity contribution in [3.63, 3.8) is 0 Å². The molecule has 0 unspecified atom stereocenters. The van der Waals surface area contributed by atoms with Crippen LogP contribution in [0.3, 0.4) is 0 Å². The van der Waals surface area contributed by atoms with E-state index in [1.54, 1.807) is 0 Å². The van der Waals surface area contributed by atoms with Gasteiger partial charge in [-0.25, -0.2) is 0 Å². The molecule has 2 rings (SSSR count). The Balaban J connectivity index is 2.37. The Kier molecular flexibility index (Phi) is 5.69. The first-order valence-electron chi connectivity index (χ1n) is 9.57. The summed E-state index contributed by atoms with van der Waals surface area (Å²) in [4.78, 5) is 2.46. The maximum atomic E-state index is 10.8. The molecule has 1 N–H and O–H groups in total. The van der Waals surface area contributed by atoms with Crippen LogP contribution in [0.4, 0.5) is 0 Å². The van der Waals surface area contributed by atoms with Crippen LogP contribution in [0.15, 0.2) is 12.1 Å². The predicted molar refractivity (Wildman–Crippen MR) is 104 cm³/mol. The lowest BCUT2D eigenvalue weighted by Crippen LogP contribution is -2.33. The molecule has 24 heavy (non-hydrogen) atoms. The van der Waals surface area contributed by atoms with Gasteiger partial charge in [0.1, 0.15) is 5.75 Å². The molecule has 2 nitrogen and oxygen atoms in total.